The molecular weight excluding hydrogens is 842 g/mol. The Hall–Kier alpha value is -4.87. The van der Waals surface area contributed by atoms with Gasteiger partial charge in [0.25, 0.3) is 0 Å². The van der Waals surface area contributed by atoms with E-state index in [1.807, 2.05) is 12.2 Å². The van der Waals surface area contributed by atoms with Crippen LogP contribution in [0.2, 0.25) is 0 Å². The predicted molar refractivity (Wildman–Crippen MR) is 229 cm³/mol. The quantitative estimate of drug-likeness (QED) is 0.122. The molecule has 0 N–H and O–H groups in total. The molecule has 0 bridgehead atoms. The third-order valence-electron chi connectivity index (χ3n) is 10.4. The minimum atomic E-state index is -4.49. The van der Waals surface area contributed by atoms with Crippen LogP contribution in [-0.2, 0) is 53.8 Å². The molecule has 0 aromatic heterocycles. The van der Waals surface area contributed by atoms with Gasteiger partial charge in [0.05, 0.1) is 0 Å². The van der Waals surface area contributed by atoms with Gasteiger partial charge in [0.1, 0.15) is 0 Å². The molecule has 0 amide bonds. The second-order valence-corrected chi connectivity index (χ2v) is 18.2. The molecule has 304 valence electrons. The number of halogens is 6. The number of hydrogen-bond donors (Lipinski definition) is 0. The van der Waals surface area contributed by atoms with E-state index in [4.69, 9.17) is 0 Å². The fourth-order valence-corrected chi connectivity index (χ4v) is 8.08. The molecule has 60 heavy (non-hydrogen) atoms. The number of allylic oxidation sites excluding steroid dienone is 4. The Morgan fingerprint density at radius 1 is 0.550 bits per heavy atom. The first-order chi connectivity index (χ1) is 28.2. The summed E-state index contributed by atoms with van der Waals surface area (Å²) in [4.78, 5) is 0. The van der Waals surface area contributed by atoms with Gasteiger partial charge in [0.2, 0.25) is 0 Å². The van der Waals surface area contributed by atoms with Crippen molar-refractivity contribution < 1.29 is 50.6 Å². The Morgan fingerprint density at radius 2 is 1.07 bits per heavy atom. The second-order valence-electron chi connectivity index (χ2n) is 16.9. The molecule has 0 saturated heterocycles. The maximum absolute atomic E-state index is 12.7. The fraction of sp³-hybridized carbons (Fsp3) is 0.226. The van der Waals surface area contributed by atoms with E-state index in [1.54, 1.807) is 0 Å². The van der Waals surface area contributed by atoms with Crippen LogP contribution < -0.4 is 0 Å². The van der Waals surface area contributed by atoms with Gasteiger partial charge in [-0.1, -0.05) is 131 Å². The van der Waals surface area contributed by atoms with Crippen LogP contribution in [-0.4, -0.2) is 3.21 Å². The van der Waals surface area contributed by atoms with Crippen LogP contribution in [0.1, 0.15) is 92.5 Å². The molecule has 6 aromatic rings. The van der Waals surface area contributed by atoms with Gasteiger partial charge >= 0.3 is 137 Å². The van der Waals surface area contributed by atoms with Crippen LogP contribution in [0.4, 0.5) is 26.3 Å². The predicted octanol–water partition coefficient (Wildman–Crippen LogP) is 15.1. The third-order valence-corrected chi connectivity index (χ3v) is 11.8. The molecule has 0 fully saturated rings. The zero-order chi connectivity index (χ0) is 43.5. The van der Waals surface area contributed by atoms with Crippen LogP contribution in [0.3, 0.4) is 0 Å². The minimum absolute atomic E-state index is 0.0380. The summed E-state index contributed by atoms with van der Waals surface area (Å²) in [6.45, 7) is 13.9. The minimum Gasteiger partial charge on any atom is -0.273 e. The second kappa shape index (κ2) is 18.0. The molecule has 2 aliphatic rings. The largest absolute Gasteiger partial charge is 0.273 e. The first kappa shape index (κ1) is 44.7. The summed E-state index contributed by atoms with van der Waals surface area (Å²) in [5, 5.41) is 0. The Labute approximate surface area is 365 Å². The number of hydrogen-bond acceptors (Lipinski definition) is 0. The van der Waals surface area contributed by atoms with Crippen molar-refractivity contribution in [2.24, 2.45) is 0 Å². The zero-order valence-corrected chi connectivity index (χ0v) is 37.0. The van der Waals surface area contributed by atoms with E-state index < -0.39 is 23.5 Å². The first-order valence-electron chi connectivity index (χ1n) is 19.8. The van der Waals surface area contributed by atoms with E-state index in [1.165, 1.54) is 79.9 Å². The SMILES string of the molecule is CC(C)(C)c1cc2c([c-]c1-c1ccccc1)Cc1cc(-c3ccccc3)c(C(C)(C)C)cc1-2.FC(F)(F)c1cccc([C](=[Zr+2])c2cccc(C(F)(F)F)c2)c1.[C-]1=CC=CC1. The van der Waals surface area contributed by atoms with Gasteiger partial charge in [-0.3, -0.25) is 6.08 Å². The molecule has 0 unspecified atom stereocenters. The van der Waals surface area contributed by atoms with E-state index in [9.17, 15) is 26.3 Å². The van der Waals surface area contributed by atoms with Crippen LogP contribution in [0.15, 0.2) is 146 Å². The Bertz CT molecular complexity index is 2350. The first-order valence-corrected chi connectivity index (χ1v) is 21.0. The molecule has 0 aliphatic heterocycles. The van der Waals surface area contributed by atoms with Crippen molar-refractivity contribution in [3.05, 3.63) is 202 Å². The molecule has 0 heterocycles. The molecule has 7 heteroatoms. The van der Waals surface area contributed by atoms with Crippen molar-refractivity contribution in [3.63, 3.8) is 0 Å². The number of rotatable bonds is 4. The standard InChI is InChI=1S/C33H33.C15H8F6.C5H5.Zr/c1-32(2,3)30-20-26-24(18-28(30)22-13-9-7-10-14-22)17-25-19-29(23-15-11-8-12-16-23)31(21-27(25)26)33(4,5)6;16-14(17,18)12-5-1-3-10(8-12)7-11-4-2-6-13(9-11)15(19,20)21;1-2-4-5-3-1;/h7-16,18,20-21H,17H2,1-6H3;1-6,8-9H;1-3H,4H2;/q-1;;-1;+2. The van der Waals surface area contributed by atoms with Crippen molar-refractivity contribution >= 4 is 3.21 Å². The Morgan fingerprint density at radius 3 is 1.52 bits per heavy atom. The number of fused-ring (bicyclic) bond motifs is 3. The maximum Gasteiger partial charge on any atom is -0.109 e. The summed E-state index contributed by atoms with van der Waals surface area (Å²) >= 11 is 0.729. The van der Waals surface area contributed by atoms with Gasteiger partial charge in [-0.2, -0.15) is 6.08 Å². The zero-order valence-electron chi connectivity index (χ0n) is 34.5. The number of benzene rings is 6. The maximum atomic E-state index is 12.7. The molecule has 0 radical (unpaired) electrons. The number of alkyl halides is 6. The van der Waals surface area contributed by atoms with E-state index in [0.717, 1.165) is 61.3 Å². The van der Waals surface area contributed by atoms with Gasteiger partial charge < -0.3 is 0 Å². The van der Waals surface area contributed by atoms with Crippen LogP contribution >= 0.6 is 0 Å². The molecule has 6 aromatic carbocycles. The van der Waals surface area contributed by atoms with Crippen molar-refractivity contribution in [2.45, 2.75) is 77.6 Å². The van der Waals surface area contributed by atoms with Crippen LogP contribution in [0.25, 0.3) is 33.4 Å². The molecular formula is C53H46F6Zr. The van der Waals surface area contributed by atoms with E-state index in [0.29, 0.717) is 3.21 Å². The van der Waals surface area contributed by atoms with Crippen molar-refractivity contribution in [1.82, 2.24) is 0 Å². The molecule has 0 nitrogen and oxygen atoms in total. The van der Waals surface area contributed by atoms with E-state index >= 15 is 0 Å². The smallest absolute Gasteiger partial charge is 0.109 e. The summed E-state index contributed by atoms with van der Waals surface area (Å²) in [6.07, 6.45) is 1.97. The topological polar surface area (TPSA) is 0 Å². The average molecular weight is 888 g/mol. The molecule has 0 saturated carbocycles. The summed E-state index contributed by atoms with van der Waals surface area (Å²) in [5.41, 5.74) is 12.4. The molecule has 0 spiro atoms. The monoisotopic (exact) mass is 886 g/mol. The van der Waals surface area contributed by atoms with Crippen LogP contribution in [0, 0.1) is 12.1 Å². The van der Waals surface area contributed by atoms with Crippen molar-refractivity contribution in [2.75, 3.05) is 0 Å². The van der Waals surface area contributed by atoms with Crippen molar-refractivity contribution in [3.8, 4) is 33.4 Å². The summed E-state index contributed by atoms with van der Waals surface area (Å²) in [5.74, 6) is 0. The molecule has 8 rings (SSSR count). The average Bonchev–Trinajstić information content (AvgIpc) is 3.91. The van der Waals surface area contributed by atoms with Gasteiger partial charge in [-0.15, -0.1) is 35.2 Å². The van der Waals surface area contributed by atoms with Gasteiger partial charge in [-0.25, -0.2) is 12.2 Å². The molecule has 2 aliphatic carbocycles. The van der Waals surface area contributed by atoms with Gasteiger partial charge in [0, 0.05) is 0 Å². The normalized spacial score (nSPS) is 13.2. The Kier molecular flexibility index (Phi) is 13.4. The summed E-state index contributed by atoms with van der Waals surface area (Å²) in [6, 6.07) is 42.0. The van der Waals surface area contributed by atoms with E-state index in [2.05, 4.69) is 139 Å². The van der Waals surface area contributed by atoms with Gasteiger partial charge in [-0.05, 0) is 39.5 Å². The summed E-state index contributed by atoms with van der Waals surface area (Å²) in [7, 11) is 0. The van der Waals surface area contributed by atoms with Crippen LogP contribution in [0.5, 0.6) is 0 Å². The summed E-state index contributed by atoms with van der Waals surface area (Å²) < 4.78 is 76.7. The molecule has 0 atom stereocenters. The van der Waals surface area contributed by atoms with E-state index in [-0.39, 0.29) is 22.0 Å². The van der Waals surface area contributed by atoms with Gasteiger partial charge in [0.15, 0.2) is 0 Å². The van der Waals surface area contributed by atoms with Crippen molar-refractivity contribution in [1.29, 1.82) is 0 Å². The third kappa shape index (κ3) is 10.7. The Balaban J connectivity index is 0.000000192. The fourth-order valence-electron chi connectivity index (χ4n) is 7.31.